The topological polar surface area (TPSA) is 63.4 Å². The van der Waals surface area contributed by atoms with E-state index >= 15 is 0 Å². The third-order valence-electron chi connectivity index (χ3n) is 5.52. The van der Waals surface area contributed by atoms with E-state index < -0.39 is 5.91 Å². The molecule has 0 spiro atoms. The van der Waals surface area contributed by atoms with Crippen molar-refractivity contribution < 1.29 is 9.59 Å². The molecule has 2 N–H and O–H groups in total. The summed E-state index contributed by atoms with van der Waals surface area (Å²) in [6, 6.07) is 14.0. The Balaban J connectivity index is 1.50. The number of benzene rings is 2. The molecule has 0 saturated carbocycles. The second kappa shape index (κ2) is 6.36. The van der Waals surface area contributed by atoms with Crippen molar-refractivity contribution in [3.8, 4) is 0 Å². The zero-order valence-corrected chi connectivity index (χ0v) is 14.2. The average Bonchev–Trinajstić information content (AvgIpc) is 2.96. The van der Waals surface area contributed by atoms with Gasteiger partial charge in [-0.3, -0.25) is 9.59 Å². The SMILES string of the molecule is NC(=O)c1cccc2c1C(=O)N(CCC1CCCc3ccccc31)C2. The number of nitrogens with two attached hydrogens (primary N) is 1. The maximum atomic E-state index is 12.8. The van der Waals surface area contributed by atoms with Gasteiger partial charge in [0.15, 0.2) is 0 Å². The number of carbonyl (C=O) groups is 2. The second-order valence-electron chi connectivity index (χ2n) is 7.01. The summed E-state index contributed by atoms with van der Waals surface area (Å²) in [5.41, 5.74) is 10.1. The lowest BCUT2D eigenvalue weighted by molar-refractivity contribution is 0.0768. The van der Waals surface area contributed by atoms with Gasteiger partial charge in [-0.2, -0.15) is 0 Å². The minimum Gasteiger partial charge on any atom is -0.366 e. The van der Waals surface area contributed by atoms with Crippen molar-refractivity contribution in [2.75, 3.05) is 6.54 Å². The van der Waals surface area contributed by atoms with Gasteiger partial charge in [0.25, 0.3) is 5.91 Å². The number of carbonyl (C=O) groups excluding carboxylic acids is 2. The summed E-state index contributed by atoms with van der Waals surface area (Å²) in [7, 11) is 0. The Kier molecular flexibility index (Phi) is 4.04. The number of amides is 2. The molecule has 2 aromatic rings. The Hall–Kier alpha value is -2.62. The highest BCUT2D eigenvalue weighted by Gasteiger charge is 2.31. The molecule has 2 amide bonds. The summed E-state index contributed by atoms with van der Waals surface area (Å²) in [5.74, 6) is -0.0844. The van der Waals surface area contributed by atoms with Crippen LogP contribution in [0.5, 0.6) is 0 Å². The van der Waals surface area contributed by atoms with E-state index in [1.807, 2.05) is 11.0 Å². The Labute approximate surface area is 147 Å². The summed E-state index contributed by atoms with van der Waals surface area (Å²) in [4.78, 5) is 26.2. The molecule has 2 aliphatic rings. The van der Waals surface area contributed by atoms with Gasteiger partial charge in [0, 0.05) is 13.1 Å². The molecule has 1 heterocycles. The van der Waals surface area contributed by atoms with Gasteiger partial charge < -0.3 is 10.6 Å². The minimum absolute atomic E-state index is 0.0616. The first kappa shape index (κ1) is 15.9. The minimum atomic E-state index is -0.534. The highest BCUT2D eigenvalue weighted by atomic mass is 16.2. The van der Waals surface area contributed by atoms with Gasteiger partial charge in [0.1, 0.15) is 0 Å². The average molecular weight is 334 g/mol. The van der Waals surface area contributed by atoms with Gasteiger partial charge in [-0.1, -0.05) is 36.4 Å². The smallest absolute Gasteiger partial charge is 0.255 e. The van der Waals surface area contributed by atoms with Crippen LogP contribution in [0.3, 0.4) is 0 Å². The molecule has 2 aromatic carbocycles. The Bertz CT molecular complexity index is 844. The van der Waals surface area contributed by atoms with Crippen LogP contribution in [0.2, 0.25) is 0 Å². The van der Waals surface area contributed by atoms with Gasteiger partial charge in [-0.05, 0) is 54.4 Å². The first-order valence-corrected chi connectivity index (χ1v) is 8.94. The first-order valence-electron chi connectivity index (χ1n) is 8.94. The molecule has 4 rings (SSSR count). The van der Waals surface area contributed by atoms with Crippen LogP contribution in [-0.2, 0) is 13.0 Å². The molecule has 0 bridgehead atoms. The Morgan fingerprint density at radius 3 is 2.76 bits per heavy atom. The molecule has 1 aliphatic heterocycles. The van der Waals surface area contributed by atoms with E-state index in [4.69, 9.17) is 5.73 Å². The Morgan fingerprint density at radius 1 is 1.12 bits per heavy atom. The standard InChI is InChI=1S/C21H22N2O2/c22-20(24)18-10-4-8-16-13-23(21(25)19(16)18)12-11-15-7-3-6-14-5-1-2-9-17(14)15/h1-2,4-5,8-10,15H,3,6-7,11-13H2,(H2,22,24). The summed E-state index contributed by atoms with van der Waals surface area (Å²) in [6.07, 6.45) is 4.51. The van der Waals surface area contributed by atoms with Gasteiger partial charge >= 0.3 is 0 Å². The van der Waals surface area contributed by atoms with Crippen molar-refractivity contribution in [2.45, 2.75) is 38.1 Å². The summed E-state index contributed by atoms with van der Waals surface area (Å²) >= 11 is 0. The molecule has 0 fully saturated rings. The predicted octanol–water partition coefficient (Wildman–Crippen LogP) is 3.25. The number of hydrogen-bond donors (Lipinski definition) is 1. The lowest BCUT2D eigenvalue weighted by Crippen LogP contribution is -2.28. The molecule has 4 nitrogen and oxygen atoms in total. The first-order chi connectivity index (χ1) is 12.1. The molecule has 0 radical (unpaired) electrons. The number of fused-ring (bicyclic) bond motifs is 2. The normalized spacial score (nSPS) is 18.8. The zero-order chi connectivity index (χ0) is 17.4. The lowest BCUT2D eigenvalue weighted by Gasteiger charge is -2.27. The summed E-state index contributed by atoms with van der Waals surface area (Å²) < 4.78 is 0. The van der Waals surface area contributed by atoms with Crippen LogP contribution in [0, 0.1) is 0 Å². The summed E-state index contributed by atoms with van der Waals surface area (Å²) in [6.45, 7) is 1.29. The molecular weight excluding hydrogens is 312 g/mol. The van der Waals surface area contributed by atoms with Crippen LogP contribution in [0.25, 0.3) is 0 Å². The highest BCUT2D eigenvalue weighted by Crippen LogP contribution is 2.35. The maximum absolute atomic E-state index is 12.8. The number of hydrogen-bond acceptors (Lipinski definition) is 2. The second-order valence-corrected chi connectivity index (χ2v) is 7.01. The van der Waals surface area contributed by atoms with E-state index in [0.29, 0.717) is 30.1 Å². The van der Waals surface area contributed by atoms with E-state index in [-0.39, 0.29) is 5.91 Å². The fraction of sp³-hybridized carbons (Fsp3) is 0.333. The number of rotatable bonds is 4. The fourth-order valence-electron chi connectivity index (χ4n) is 4.27. The number of primary amides is 1. The van der Waals surface area contributed by atoms with Crippen LogP contribution < -0.4 is 5.73 Å². The molecule has 128 valence electrons. The van der Waals surface area contributed by atoms with E-state index in [1.54, 1.807) is 12.1 Å². The van der Waals surface area contributed by atoms with Gasteiger partial charge in [0.2, 0.25) is 5.91 Å². The third kappa shape index (κ3) is 2.82. The Morgan fingerprint density at radius 2 is 1.92 bits per heavy atom. The lowest BCUT2D eigenvalue weighted by atomic mass is 9.81. The van der Waals surface area contributed by atoms with Crippen LogP contribution in [0.15, 0.2) is 42.5 Å². The van der Waals surface area contributed by atoms with Crippen LogP contribution in [0.4, 0.5) is 0 Å². The van der Waals surface area contributed by atoms with Crippen molar-refractivity contribution in [3.63, 3.8) is 0 Å². The molecule has 0 saturated heterocycles. The maximum Gasteiger partial charge on any atom is 0.255 e. The van der Waals surface area contributed by atoms with Crippen LogP contribution in [0.1, 0.15) is 62.6 Å². The molecule has 0 aromatic heterocycles. The fourth-order valence-corrected chi connectivity index (χ4v) is 4.27. The molecule has 25 heavy (non-hydrogen) atoms. The quantitative estimate of drug-likeness (QED) is 0.933. The van der Waals surface area contributed by atoms with E-state index in [1.165, 1.54) is 24.0 Å². The van der Waals surface area contributed by atoms with E-state index in [2.05, 4.69) is 24.3 Å². The van der Waals surface area contributed by atoms with E-state index in [9.17, 15) is 9.59 Å². The van der Waals surface area contributed by atoms with Crippen molar-refractivity contribution in [2.24, 2.45) is 5.73 Å². The summed E-state index contributed by atoms with van der Waals surface area (Å²) in [5, 5.41) is 0. The molecule has 4 heteroatoms. The van der Waals surface area contributed by atoms with Crippen molar-refractivity contribution in [3.05, 3.63) is 70.3 Å². The third-order valence-corrected chi connectivity index (χ3v) is 5.52. The molecule has 1 unspecified atom stereocenters. The van der Waals surface area contributed by atoms with Gasteiger partial charge in [-0.15, -0.1) is 0 Å². The largest absolute Gasteiger partial charge is 0.366 e. The van der Waals surface area contributed by atoms with E-state index in [0.717, 1.165) is 18.4 Å². The van der Waals surface area contributed by atoms with Crippen LogP contribution >= 0.6 is 0 Å². The van der Waals surface area contributed by atoms with Crippen molar-refractivity contribution >= 4 is 11.8 Å². The van der Waals surface area contributed by atoms with Gasteiger partial charge in [0.05, 0.1) is 11.1 Å². The number of aryl methyl sites for hydroxylation is 1. The van der Waals surface area contributed by atoms with Gasteiger partial charge in [-0.25, -0.2) is 0 Å². The zero-order valence-electron chi connectivity index (χ0n) is 14.2. The molecule has 1 atom stereocenters. The predicted molar refractivity (Wildman–Crippen MR) is 96.4 cm³/mol. The molecular formula is C21H22N2O2. The monoisotopic (exact) mass is 334 g/mol. The van der Waals surface area contributed by atoms with Crippen molar-refractivity contribution in [1.29, 1.82) is 0 Å². The van der Waals surface area contributed by atoms with Crippen LogP contribution in [-0.4, -0.2) is 23.3 Å². The highest BCUT2D eigenvalue weighted by molar-refractivity contribution is 6.09. The number of nitrogens with zero attached hydrogens (tertiary/aromatic N) is 1. The van der Waals surface area contributed by atoms with Crippen molar-refractivity contribution in [1.82, 2.24) is 4.90 Å². The molecule has 1 aliphatic carbocycles.